The van der Waals surface area contributed by atoms with E-state index in [1.165, 1.54) is 0 Å². The van der Waals surface area contributed by atoms with Crippen LogP contribution in [0.15, 0.2) is 67.0 Å². The van der Waals surface area contributed by atoms with E-state index < -0.39 is 0 Å². The van der Waals surface area contributed by atoms with Crippen LogP contribution in [0, 0.1) is 0 Å². The molecule has 0 unspecified atom stereocenters. The quantitative estimate of drug-likeness (QED) is 0.700. The largest absolute Gasteiger partial charge is 0.492 e. The number of nitrogens with zero attached hydrogens (tertiary/aromatic N) is 4. The fourth-order valence-electron chi connectivity index (χ4n) is 3.47. The Morgan fingerprint density at radius 2 is 1.73 bits per heavy atom. The van der Waals surface area contributed by atoms with Crippen molar-refractivity contribution < 1.29 is 9.53 Å². The van der Waals surface area contributed by atoms with Crippen LogP contribution in [0.25, 0.3) is 11.3 Å². The van der Waals surface area contributed by atoms with E-state index in [9.17, 15) is 4.79 Å². The summed E-state index contributed by atoms with van der Waals surface area (Å²) < 4.78 is 5.59. The zero-order chi connectivity index (χ0) is 20.8. The molecule has 2 aromatic carbocycles. The number of aromatic nitrogens is 2. The molecule has 2 amide bonds. The second kappa shape index (κ2) is 9.26. The van der Waals surface area contributed by atoms with E-state index in [4.69, 9.17) is 4.74 Å². The van der Waals surface area contributed by atoms with Gasteiger partial charge in [-0.25, -0.2) is 14.8 Å². The SMILES string of the molecule is CCOc1ccccc1NC(=O)N1CCN(c2cc(-c3ccccc3)ncn2)CC1. The Bertz CT molecular complexity index is 988. The molecule has 1 aliphatic rings. The summed E-state index contributed by atoms with van der Waals surface area (Å²) in [5.74, 6) is 1.56. The number of hydrogen-bond donors (Lipinski definition) is 1. The lowest BCUT2D eigenvalue weighted by molar-refractivity contribution is 0.208. The smallest absolute Gasteiger partial charge is 0.322 e. The minimum Gasteiger partial charge on any atom is -0.492 e. The Morgan fingerprint density at radius 3 is 2.50 bits per heavy atom. The van der Waals surface area contributed by atoms with Crippen molar-refractivity contribution in [3.8, 4) is 17.0 Å². The third-order valence-electron chi connectivity index (χ3n) is 5.04. The number of piperazine rings is 1. The van der Waals surface area contributed by atoms with Crippen LogP contribution >= 0.6 is 0 Å². The van der Waals surface area contributed by atoms with Gasteiger partial charge in [0.25, 0.3) is 0 Å². The van der Waals surface area contributed by atoms with Crippen molar-refractivity contribution in [2.24, 2.45) is 0 Å². The molecule has 2 heterocycles. The van der Waals surface area contributed by atoms with Gasteiger partial charge in [-0.3, -0.25) is 0 Å². The monoisotopic (exact) mass is 403 g/mol. The Balaban J connectivity index is 1.38. The van der Waals surface area contributed by atoms with Crippen LogP contribution in [-0.2, 0) is 0 Å². The van der Waals surface area contributed by atoms with Gasteiger partial charge in [0, 0.05) is 37.8 Å². The molecule has 0 spiro atoms. The van der Waals surface area contributed by atoms with Gasteiger partial charge in [-0.15, -0.1) is 0 Å². The van der Waals surface area contributed by atoms with Gasteiger partial charge in [-0.1, -0.05) is 42.5 Å². The summed E-state index contributed by atoms with van der Waals surface area (Å²) in [7, 11) is 0. The molecule has 1 aromatic heterocycles. The highest BCUT2D eigenvalue weighted by molar-refractivity contribution is 5.91. The van der Waals surface area contributed by atoms with Gasteiger partial charge in [0.15, 0.2) is 0 Å². The lowest BCUT2D eigenvalue weighted by atomic mass is 10.1. The van der Waals surface area contributed by atoms with Crippen molar-refractivity contribution in [2.75, 3.05) is 43.0 Å². The number of benzene rings is 2. The first-order valence-electron chi connectivity index (χ1n) is 10.1. The van der Waals surface area contributed by atoms with E-state index in [0.29, 0.717) is 44.2 Å². The maximum absolute atomic E-state index is 12.7. The molecule has 0 radical (unpaired) electrons. The number of hydrogen-bond acceptors (Lipinski definition) is 5. The molecule has 0 aliphatic carbocycles. The molecule has 3 aromatic rings. The number of amides is 2. The van der Waals surface area contributed by atoms with Crippen molar-refractivity contribution in [3.05, 3.63) is 67.0 Å². The highest BCUT2D eigenvalue weighted by Gasteiger charge is 2.23. The summed E-state index contributed by atoms with van der Waals surface area (Å²) in [6.07, 6.45) is 1.60. The first-order chi connectivity index (χ1) is 14.7. The third kappa shape index (κ3) is 4.51. The van der Waals surface area contributed by atoms with Crippen molar-refractivity contribution in [1.29, 1.82) is 0 Å². The van der Waals surface area contributed by atoms with E-state index in [1.54, 1.807) is 6.33 Å². The lowest BCUT2D eigenvalue weighted by Crippen LogP contribution is -2.50. The van der Waals surface area contributed by atoms with E-state index in [-0.39, 0.29) is 6.03 Å². The number of para-hydroxylation sites is 2. The average Bonchev–Trinajstić information content (AvgIpc) is 2.81. The van der Waals surface area contributed by atoms with E-state index in [2.05, 4.69) is 20.2 Å². The van der Waals surface area contributed by atoms with E-state index in [0.717, 1.165) is 17.1 Å². The van der Waals surface area contributed by atoms with Crippen LogP contribution in [0.3, 0.4) is 0 Å². The van der Waals surface area contributed by atoms with Crippen molar-refractivity contribution >= 4 is 17.5 Å². The second-order valence-corrected chi connectivity index (χ2v) is 6.96. The molecular formula is C23H25N5O2. The van der Waals surface area contributed by atoms with Gasteiger partial charge in [0.1, 0.15) is 17.9 Å². The Kier molecular flexibility index (Phi) is 6.08. The zero-order valence-corrected chi connectivity index (χ0v) is 17.0. The molecule has 1 saturated heterocycles. The molecule has 0 bridgehead atoms. The lowest BCUT2D eigenvalue weighted by Gasteiger charge is -2.35. The molecule has 7 heteroatoms. The summed E-state index contributed by atoms with van der Waals surface area (Å²) >= 11 is 0. The summed E-state index contributed by atoms with van der Waals surface area (Å²) in [6.45, 7) is 5.14. The fourth-order valence-corrected chi connectivity index (χ4v) is 3.47. The van der Waals surface area contributed by atoms with E-state index in [1.807, 2.05) is 72.5 Å². The highest BCUT2D eigenvalue weighted by Crippen LogP contribution is 2.25. The van der Waals surface area contributed by atoms with Gasteiger partial charge in [0.2, 0.25) is 0 Å². The Labute approximate surface area is 176 Å². The number of rotatable bonds is 5. The molecule has 0 saturated carbocycles. The van der Waals surface area contributed by atoms with Crippen molar-refractivity contribution in [3.63, 3.8) is 0 Å². The summed E-state index contributed by atoms with van der Waals surface area (Å²) in [5, 5.41) is 2.97. The van der Waals surface area contributed by atoms with E-state index >= 15 is 0 Å². The van der Waals surface area contributed by atoms with Crippen LogP contribution in [0.1, 0.15) is 6.92 Å². The van der Waals surface area contributed by atoms with Gasteiger partial charge in [-0.2, -0.15) is 0 Å². The predicted molar refractivity (Wildman–Crippen MR) is 118 cm³/mol. The first kappa shape index (κ1) is 19.7. The highest BCUT2D eigenvalue weighted by atomic mass is 16.5. The first-order valence-corrected chi connectivity index (χ1v) is 10.1. The maximum atomic E-state index is 12.7. The average molecular weight is 403 g/mol. The number of urea groups is 1. The van der Waals surface area contributed by atoms with Gasteiger partial charge >= 0.3 is 6.03 Å². The minimum absolute atomic E-state index is 0.116. The fraction of sp³-hybridized carbons (Fsp3) is 0.261. The zero-order valence-electron chi connectivity index (χ0n) is 17.0. The molecular weight excluding hydrogens is 378 g/mol. The Morgan fingerprint density at radius 1 is 1.00 bits per heavy atom. The van der Waals surface area contributed by atoms with Crippen LogP contribution in [0.4, 0.5) is 16.3 Å². The number of nitrogens with one attached hydrogen (secondary N) is 1. The number of carbonyl (C=O) groups is 1. The minimum atomic E-state index is -0.116. The molecule has 1 aliphatic heterocycles. The van der Waals surface area contributed by atoms with Gasteiger partial charge in [-0.05, 0) is 19.1 Å². The number of ether oxygens (including phenoxy) is 1. The summed E-state index contributed by atoms with van der Waals surface area (Å²) in [6, 6.07) is 19.4. The molecule has 30 heavy (non-hydrogen) atoms. The normalized spacial score (nSPS) is 13.8. The van der Waals surface area contributed by atoms with Crippen molar-refractivity contribution in [2.45, 2.75) is 6.92 Å². The topological polar surface area (TPSA) is 70.6 Å². The van der Waals surface area contributed by atoms with Crippen LogP contribution < -0.4 is 15.0 Å². The standard InChI is InChI=1S/C23H25N5O2/c1-2-30-21-11-7-6-10-19(21)26-23(29)28-14-12-27(13-15-28)22-16-20(24-17-25-22)18-8-4-3-5-9-18/h3-11,16-17H,2,12-15H2,1H3,(H,26,29). The molecule has 4 rings (SSSR count). The van der Waals surface area contributed by atoms with Gasteiger partial charge in [0.05, 0.1) is 18.0 Å². The molecule has 7 nitrogen and oxygen atoms in total. The number of carbonyl (C=O) groups excluding carboxylic acids is 1. The summed E-state index contributed by atoms with van der Waals surface area (Å²) in [4.78, 5) is 25.6. The predicted octanol–water partition coefficient (Wildman–Crippen LogP) is 3.90. The molecule has 0 atom stereocenters. The van der Waals surface area contributed by atoms with Crippen LogP contribution in [-0.4, -0.2) is 53.7 Å². The summed E-state index contributed by atoms with van der Waals surface area (Å²) in [5.41, 5.74) is 2.65. The van der Waals surface area contributed by atoms with Crippen LogP contribution in [0.2, 0.25) is 0 Å². The number of anilines is 2. The molecule has 1 N–H and O–H groups in total. The Hall–Kier alpha value is -3.61. The molecule has 154 valence electrons. The van der Waals surface area contributed by atoms with Crippen molar-refractivity contribution in [1.82, 2.24) is 14.9 Å². The second-order valence-electron chi connectivity index (χ2n) is 6.96. The van der Waals surface area contributed by atoms with Gasteiger partial charge < -0.3 is 19.9 Å². The molecule has 1 fully saturated rings. The van der Waals surface area contributed by atoms with Crippen LogP contribution in [0.5, 0.6) is 5.75 Å². The third-order valence-corrected chi connectivity index (χ3v) is 5.04. The maximum Gasteiger partial charge on any atom is 0.322 e.